The van der Waals surface area contributed by atoms with E-state index >= 15 is 0 Å². The minimum Gasteiger partial charge on any atom is -0.504 e. The maximum absolute atomic E-state index is 12.1. The average Bonchev–Trinajstić information content (AvgIpc) is 2.88. The molecular weight excluding hydrogens is 444 g/mol. The van der Waals surface area contributed by atoms with E-state index < -0.39 is 0 Å². The molecule has 3 rings (SSSR count). The summed E-state index contributed by atoms with van der Waals surface area (Å²) in [5.74, 6) is 1.10. The van der Waals surface area contributed by atoms with Crippen LogP contribution in [-0.4, -0.2) is 60.4 Å². The first kappa shape index (κ1) is 26.7. The molecule has 7 nitrogen and oxygen atoms in total. The smallest absolute Gasteiger partial charge is 0.257 e. The molecule has 1 amide bonds. The van der Waals surface area contributed by atoms with Crippen molar-refractivity contribution in [2.24, 2.45) is 0 Å². The molecule has 1 aliphatic rings. The third-order valence-corrected chi connectivity index (χ3v) is 6.69. The number of amides is 1. The van der Waals surface area contributed by atoms with Crippen LogP contribution in [-0.2, 0) is 17.6 Å². The second-order valence-electron chi connectivity index (χ2n) is 9.21. The van der Waals surface area contributed by atoms with Gasteiger partial charge in [-0.1, -0.05) is 38.0 Å². The number of nitrogens with one attached hydrogen (secondary N) is 1. The van der Waals surface area contributed by atoms with Gasteiger partial charge in [0.05, 0.1) is 7.11 Å². The van der Waals surface area contributed by atoms with Gasteiger partial charge in [-0.25, -0.2) is 0 Å². The second-order valence-corrected chi connectivity index (χ2v) is 9.21. The number of carbonyl (C=O) groups is 1. The van der Waals surface area contributed by atoms with Gasteiger partial charge in [0.1, 0.15) is 0 Å². The van der Waals surface area contributed by atoms with Gasteiger partial charge in [-0.05, 0) is 75.4 Å². The summed E-state index contributed by atoms with van der Waals surface area (Å²) in [6.45, 7) is 4.99. The lowest BCUT2D eigenvalue weighted by Crippen LogP contribution is -2.40. The highest BCUT2D eigenvalue weighted by Crippen LogP contribution is 2.36. The molecule has 0 saturated carbocycles. The Morgan fingerprint density at radius 3 is 2.60 bits per heavy atom. The first-order valence-electron chi connectivity index (χ1n) is 12.8. The third-order valence-electron chi connectivity index (χ3n) is 6.69. The van der Waals surface area contributed by atoms with Crippen molar-refractivity contribution >= 4 is 5.91 Å². The Labute approximate surface area is 209 Å². The second kappa shape index (κ2) is 13.8. The molecule has 0 heterocycles. The normalized spacial score (nSPS) is 15.0. The van der Waals surface area contributed by atoms with Crippen LogP contribution < -0.4 is 14.8 Å². The number of hydrogen-bond acceptors (Lipinski definition) is 6. The van der Waals surface area contributed by atoms with Gasteiger partial charge in [-0.15, -0.1) is 0 Å². The van der Waals surface area contributed by atoms with Crippen LogP contribution in [0.15, 0.2) is 36.4 Å². The molecule has 0 fully saturated rings. The van der Waals surface area contributed by atoms with Gasteiger partial charge in [0.25, 0.3) is 5.91 Å². The molecule has 0 unspecified atom stereocenters. The molecule has 35 heavy (non-hydrogen) atoms. The van der Waals surface area contributed by atoms with Crippen molar-refractivity contribution < 1.29 is 24.5 Å². The van der Waals surface area contributed by atoms with E-state index in [0.717, 1.165) is 75.6 Å². The SMILES string of the molecule is CCCN(CCCCCCNC(=O)COc1ccccc1OC)[C@H]1CCc2c(ccc(O)c2O)C1. The van der Waals surface area contributed by atoms with E-state index in [-0.39, 0.29) is 24.0 Å². The maximum atomic E-state index is 12.1. The number of hydrogen-bond donors (Lipinski definition) is 3. The summed E-state index contributed by atoms with van der Waals surface area (Å²) in [5, 5.41) is 22.8. The van der Waals surface area contributed by atoms with Crippen LogP contribution in [0.3, 0.4) is 0 Å². The number of fused-ring (bicyclic) bond motifs is 1. The number of methoxy groups -OCH3 is 1. The highest BCUT2D eigenvalue weighted by atomic mass is 16.5. The molecule has 0 radical (unpaired) electrons. The molecule has 2 aromatic carbocycles. The molecule has 1 aliphatic carbocycles. The number of aromatic hydroxyl groups is 2. The van der Waals surface area contributed by atoms with Crippen LogP contribution in [0.4, 0.5) is 0 Å². The van der Waals surface area contributed by atoms with Crippen LogP contribution in [0.2, 0.25) is 0 Å². The summed E-state index contributed by atoms with van der Waals surface area (Å²) in [6, 6.07) is 11.3. The van der Waals surface area contributed by atoms with Crippen LogP contribution in [0, 0.1) is 0 Å². The van der Waals surface area contributed by atoms with Crippen molar-refractivity contribution in [2.75, 3.05) is 33.4 Å². The van der Waals surface area contributed by atoms with Crippen LogP contribution >= 0.6 is 0 Å². The van der Waals surface area contributed by atoms with Gasteiger partial charge in [0.2, 0.25) is 0 Å². The summed E-state index contributed by atoms with van der Waals surface area (Å²) < 4.78 is 10.8. The van der Waals surface area contributed by atoms with E-state index in [4.69, 9.17) is 9.47 Å². The number of nitrogens with zero attached hydrogens (tertiary/aromatic N) is 1. The zero-order valence-electron chi connectivity index (χ0n) is 21.1. The number of unbranched alkanes of at least 4 members (excludes halogenated alkanes) is 3. The zero-order valence-corrected chi connectivity index (χ0v) is 21.1. The van der Waals surface area contributed by atoms with E-state index in [0.29, 0.717) is 24.1 Å². The molecule has 0 aliphatic heterocycles. The van der Waals surface area contributed by atoms with E-state index in [9.17, 15) is 15.0 Å². The fraction of sp³-hybridized carbons (Fsp3) is 0.536. The van der Waals surface area contributed by atoms with Gasteiger partial charge < -0.3 is 29.9 Å². The summed E-state index contributed by atoms with van der Waals surface area (Å²) in [7, 11) is 1.58. The monoisotopic (exact) mass is 484 g/mol. The van der Waals surface area contributed by atoms with Crippen molar-refractivity contribution in [1.29, 1.82) is 0 Å². The standard InChI is InChI=1S/C28H40N2O5/c1-3-17-30(22-13-14-23-21(19-22)12-15-24(31)28(23)33)18-9-5-4-8-16-29-27(32)20-35-26-11-7-6-10-25(26)34-2/h6-7,10-12,15,22,31,33H,3-5,8-9,13-14,16-20H2,1-2H3,(H,29,32)/t22-/m0/s1. The quantitative estimate of drug-likeness (QED) is 0.271. The fourth-order valence-electron chi connectivity index (χ4n) is 4.83. The molecule has 0 spiro atoms. The van der Waals surface area contributed by atoms with Gasteiger partial charge >= 0.3 is 0 Å². The summed E-state index contributed by atoms with van der Waals surface area (Å²) in [6.07, 6.45) is 8.15. The van der Waals surface area contributed by atoms with Gasteiger partial charge in [-0.3, -0.25) is 4.79 Å². The predicted molar refractivity (Wildman–Crippen MR) is 137 cm³/mol. The minimum atomic E-state index is -0.123. The highest BCUT2D eigenvalue weighted by molar-refractivity contribution is 5.77. The summed E-state index contributed by atoms with van der Waals surface area (Å²) >= 11 is 0. The molecule has 0 bridgehead atoms. The molecule has 2 aromatic rings. The van der Waals surface area contributed by atoms with Crippen LogP contribution in [0.25, 0.3) is 0 Å². The lowest BCUT2D eigenvalue weighted by atomic mass is 9.86. The Kier molecular flexibility index (Phi) is 10.5. The number of rotatable bonds is 14. The van der Waals surface area contributed by atoms with Crippen molar-refractivity contribution in [2.45, 2.75) is 64.3 Å². The number of para-hydroxylation sites is 2. The highest BCUT2D eigenvalue weighted by Gasteiger charge is 2.26. The molecule has 0 saturated heterocycles. The first-order valence-corrected chi connectivity index (χ1v) is 12.8. The van der Waals surface area contributed by atoms with Crippen molar-refractivity contribution in [3.05, 3.63) is 47.5 Å². The number of carbonyl (C=O) groups excluding carboxylic acids is 1. The third kappa shape index (κ3) is 7.79. The van der Waals surface area contributed by atoms with Gasteiger partial charge in [0.15, 0.2) is 29.6 Å². The number of phenolic OH excluding ortho intramolecular Hbond substituents is 2. The van der Waals surface area contributed by atoms with E-state index in [1.54, 1.807) is 25.3 Å². The van der Waals surface area contributed by atoms with E-state index in [2.05, 4.69) is 17.1 Å². The predicted octanol–water partition coefficient (Wildman–Crippen LogP) is 4.43. The largest absolute Gasteiger partial charge is 0.504 e. The van der Waals surface area contributed by atoms with E-state index in [1.807, 2.05) is 18.2 Å². The number of phenols is 2. The number of benzene rings is 2. The molecular formula is C28H40N2O5. The summed E-state index contributed by atoms with van der Waals surface area (Å²) in [5.41, 5.74) is 2.07. The Morgan fingerprint density at radius 1 is 1.06 bits per heavy atom. The van der Waals surface area contributed by atoms with Gasteiger partial charge in [-0.2, -0.15) is 0 Å². The topological polar surface area (TPSA) is 91.3 Å². The lowest BCUT2D eigenvalue weighted by Gasteiger charge is -2.35. The molecule has 192 valence electrons. The minimum absolute atomic E-state index is 0.0196. The Hall–Kier alpha value is -2.93. The van der Waals surface area contributed by atoms with Crippen molar-refractivity contribution in [3.8, 4) is 23.0 Å². The van der Waals surface area contributed by atoms with Crippen LogP contribution in [0.1, 0.15) is 56.6 Å². The molecule has 1 atom stereocenters. The molecule has 0 aromatic heterocycles. The molecule has 3 N–H and O–H groups in total. The van der Waals surface area contributed by atoms with Gasteiger partial charge in [0, 0.05) is 18.2 Å². The van der Waals surface area contributed by atoms with Crippen molar-refractivity contribution in [1.82, 2.24) is 10.2 Å². The summed E-state index contributed by atoms with van der Waals surface area (Å²) in [4.78, 5) is 14.6. The lowest BCUT2D eigenvalue weighted by molar-refractivity contribution is -0.123. The van der Waals surface area contributed by atoms with Crippen LogP contribution in [0.5, 0.6) is 23.0 Å². The molecule has 7 heteroatoms. The zero-order chi connectivity index (χ0) is 25.0. The van der Waals surface area contributed by atoms with Crippen molar-refractivity contribution in [3.63, 3.8) is 0 Å². The average molecular weight is 485 g/mol. The maximum Gasteiger partial charge on any atom is 0.257 e. The first-order chi connectivity index (χ1) is 17.0. The van der Waals surface area contributed by atoms with E-state index in [1.165, 1.54) is 0 Å². The Morgan fingerprint density at radius 2 is 1.83 bits per heavy atom. The Balaban J connectivity index is 1.31. The number of ether oxygens (including phenoxy) is 2. The Bertz CT molecular complexity index is 949. The fourth-order valence-corrected chi connectivity index (χ4v) is 4.83.